The molecule has 9 nitrogen and oxygen atoms in total. The highest BCUT2D eigenvalue weighted by molar-refractivity contribution is 7.98. The number of carbonyl (C=O) groups is 4. The number of amides is 2. The summed E-state index contributed by atoms with van der Waals surface area (Å²) in [6, 6.07) is 13.4. The maximum absolute atomic E-state index is 13.5. The van der Waals surface area contributed by atoms with E-state index in [1.165, 1.54) is 12.1 Å². The van der Waals surface area contributed by atoms with E-state index in [9.17, 15) is 14.0 Å². The Bertz CT molecular complexity index is 929. The molecule has 0 saturated heterocycles. The van der Waals surface area contributed by atoms with Crippen molar-refractivity contribution in [2.75, 3.05) is 37.0 Å². The molecule has 0 aliphatic heterocycles. The molecule has 2 rings (SSSR count). The fourth-order valence-electron chi connectivity index (χ4n) is 2.24. The highest BCUT2D eigenvalue weighted by atomic mass is 32.2. The molecule has 0 aliphatic carbocycles. The van der Waals surface area contributed by atoms with Crippen molar-refractivity contribution < 1.29 is 33.8 Å². The first-order chi connectivity index (χ1) is 14.6. The average Bonchev–Trinajstić information content (AvgIpc) is 2.70. The number of anilines is 2. The number of carboxylic acid groups (broad SMARTS) is 2. The normalized spacial score (nSPS) is 9.94. The summed E-state index contributed by atoms with van der Waals surface area (Å²) in [5, 5.41) is 20.1. The van der Waals surface area contributed by atoms with Crippen molar-refractivity contribution in [3.8, 4) is 0 Å². The van der Waals surface area contributed by atoms with E-state index in [1.54, 1.807) is 35.8 Å². The van der Waals surface area contributed by atoms with Gasteiger partial charge < -0.3 is 20.8 Å². The summed E-state index contributed by atoms with van der Waals surface area (Å²) in [6.07, 6.45) is 1.93. The molecule has 2 amide bonds. The molecule has 0 fully saturated rings. The molecule has 0 aliphatic rings. The van der Waals surface area contributed by atoms with Gasteiger partial charge in [-0.05, 0) is 37.6 Å². The zero-order valence-electron chi connectivity index (χ0n) is 16.8. The third-order valence-corrected chi connectivity index (χ3v) is 4.33. The summed E-state index contributed by atoms with van der Waals surface area (Å²) in [5.41, 5.74) is 0.864. The average molecular weight is 451 g/mol. The number of nitrogens with one attached hydrogen (secondary N) is 2. The van der Waals surface area contributed by atoms with Crippen molar-refractivity contribution in [2.45, 2.75) is 4.90 Å². The standard InChI is InChI=1S/C18H20FN3O2S.C2H2O4/c1-22(11-17(23)20-14-8-4-3-7-13(14)19)12-18(24)21-15-9-5-6-10-16(15)25-2;3-1(4)2(5)6/h3-10H,11-12H2,1-2H3,(H,20,23)(H,21,24);(H,3,4)(H,5,6). The van der Waals surface area contributed by atoms with Gasteiger partial charge in [0.25, 0.3) is 0 Å². The third-order valence-electron chi connectivity index (χ3n) is 3.54. The molecular formula is C20H22FN3O6S. The van der Waals surface area contributed by atoms with Gasteiger partial charge in [0.15, 0.2) is 0 Å². The second kappa shape index (κ2) is 13.0. The molecule has 4 N–H and O–H groups in total. The molecular weight excluding hydrogens is 429 g/mol. The van der Waals surface area contributed by atoms with Crippen LogP contribution in [0.1, 0.15) is 0 Å². The number of rotatable bonds is 7. The molecule has 0 atom stereocenters. The van der Waals surface area contributed by atoms with Gasteiger partial charge >= 0.3 is 11.9 Å². The van der Waals surface area contributed by atoms with Gasteiger partial charge in [0.1, 0.15) is 5.82 Å². The molecule has 11 heteroatoms. The number of likely N-dealkylation sites (N-methyl/N-ethyl adjacent to an activating group) is 1. The Balaban J connectivity index is 0.000000703. The van der Waals surface area contributed by atoms with Crippen LogP contribution >= 0.6 is 11.8 Å². The van der Waals surface area contributed by atoms with Crippen molar-refractivity contribution in [3.05, 3.63) is 54.3 Å². The Morgan fingerprint density at radius 3 is 1.81 bits per heavy atom. The molecule has 0 saturated carbocycles. The van der Waals surface area contributed by atoms with Crippen molar-refractivity contribution in [2.24, 2.45) is 0 Å². The number of carboxylic acids is 2. The number of hydrogen-bond acceptors (Lipinski definition) is 6. The minimum absolute atomic E-state index is 0.0219. The fourth-order valence-corrected chi connectivity index (χ4v) is 2.79. The third kappa shape index (κ3) is 9.74. The van der Waals surface area contributed by atoms with Gasteiger partial charge in [-0.1, -0.05) is 24.3 Å². The van der Waals surface area contributed by atoms with E-state index < -0.39 is 17.8 Å². The van der Waals surface area contributed by atoms with Gasteiger partial charge in [-0.2, -0.15) is 0 Å². The first kappa shape index (κ1) is 25.6. The molecule has 2 aromatic rings. The maximum atomic E-state index is 13.5. The molecule has 2 aromatic carbocycles. The molecule has 31 heavy (non-hydrogen) atoms. The van der Waals surface area contributed by atoms with Crippen molar-refractivity contribution in [3.63, 3.8) is 0 Å². The number of carbonyl (C=O) groups excluding carboxylic acids is 2. The van der Waals surface area contributed by atoms with E-state index >= 15 is 0 Å². The van der Waals surface area contributed by atoms with E-state index in [2.05, 4.69) is 10.6 Å². The van der Waals surface area contributed by atoms with Gasteiger partial charge in [0, 0.05) is 4.90 Å². The molecule has 0 aromatic heterocycles. The van der Waals surface area contributed by atoms with Crippen molar-refractivity contribution in [1.82, 2.24) is 4.90 Å². The number of benzene rings is 2. The highest BCUT2D eigenvalue weighted by Crippen LogP contribution is 2.24. The Kier molecular flexibility index (Phi) is 10.7. The quantitative estimate of drug-likeness (QED) is 0.372. The lowest BCUT2D eigenvalue weighted by Crippen LogP contribution is -2.36. The SMILES string of the molecule is CSc1ccccc1NC(=O)CN(C)CC(=O)Nc1ccccc1F.O=C(O)C(=O)O. The van der Waals surface area contributed by atoms with Gasteiger partial charge in [-0.15, -0.1) is 11.8 Å². The van der Waals surface area contributed by atoms with Crippen LogP contribution in [0.15, 0.2) is 53.4 Å². The van der Waals surface area contributed by atoms with Crippen LogP contribution < -0.4 is 10.6 Å². The summed E-state index contributed by atoms with van der Waals surface area (Å²) in [4.78, 5) is 44.8. The number of thioether (sulfide) groups is 1. The van der Waals surface area contributed by atoms with Crippen LogP contribution in [-0.2, 0) is 19.2 Å². The summed E-state index contributed by atoms with van der Waals surface area (Å²) < 4.78 is 13.5. The van der Waals surface area contributed by atoms with Crippen LogP contribution in [0.5, 0.6) is 0 Å². The Hall–Kier alpha value is -3.44. The van der Waals surface area contributed by atoms with E-state index in [4.69, 9.17) is 19.8 Å². The Labute approximate surface area is 182 Å². The summed E-state index contributed by atoms with van der Waals surface area (Å²) >= 11 is 1.54. The van der Waals surface area contributed by atoms with Crippen LogP contribution in [-0.4, -0.2) is 65.3 Å². The van der Waals surface area contributed by atoms with Crippen molar-refractivity contribution >= 4 is 46.9 Å². The minimum Gasteiger partial charge on any atom is -0.473 e. The van der Waals surface area contributed by atoms with Crippen molar-refractivity contribution in [1.29, 1.82) is 0 Å². The summed E-state index contributed by atoms with van der Waals surface area (Å²) in [6.45, 7) is 0.0271. The molecule has 0 heterocycles. The smallest absolute Gasteiger partial charge is 0.414 e. The minimum atomic E-state index is -1.82. The second-order valence-corrected chi connectivity index (χ2v) is 6.91. The largest absolute Gasteiger partial charge is 0.473 e. The van der Waals surface area contributed by atoms with Gasteiger partial charge in [0.05, 0.1) is 24.5 Å². The van der Waals surface area contributed by atoms with Gasteiger partial charge in [0.2, 0.25) is 11.8 Å². The molecule has 0 radical (unpaired) electrons. The van der Waals surface area contributed by atoms with Gasteiger partial charge in [-0.25, -0.2) is 14.0 Å². The maximum Gasteiger partial charge on any atom is 0.414 e. The molecule has 0 unspecified atom stereocenters. The predicted octanol–water partition coefficient (Wildman–Crippen LogP) is 2.21. The van der Waals surface area contributed by atoms with Crippen LogP contribution in [0.4, 0.5) is 15.8 Å². The first-order valence-corrected chi connectivity index (χ1v) is 9.98. The zero-order valence-corrected chi connectivity index (χ0v) is 17.6. The van der Waals surface area contributed by atoms with E-state index in [1.807, 2.05) is 30.5 Å². The van der Waals surface area contributed by atoms with Crippen LogP contribution in [0, 0.1) is 5.82 Å². The zero-order chi connectivity index (χ0) is 23.4. The number of para-hydroxylation sites is 2. The molecule has 166 valence electrons. The van der Waals surface area contributed by atoms with E-state index in [-0.39, 0.29) is 30.6 Å². The number of hydrogen-bond donors (Lipinski definition) is 4. The first-order valence-electron chi connectivity index (χ1n) is 8.76. The summed E-state index contributed by atoms with van der Waals surface area (Å²) in [7, 11) is 1.65. The second-order valence-electron chi connectivity index (χ2n) is 6.06. The van der Waals surface area contributed by atoms with Crippen LogP contribution in [0.3, 0.4) is 0 Å². The lowest BCUT2D eigenvalue weighted by Gasteiger charge is -2.17. The monoisotopic (exact) mass is 451 g/mol. The van der Waals surface area contributed by atoms with Gasteiger partial charge in [-0.3, -0.25) is 14.5 Å². The Morgan fingerprint density at radius 2 is 1.32 bits per heavy atom. The predicted molar refractivity (Wildman–Crippen MR) is 115 cm³/mol. The topological polar surface area (TPSA) is 136 Å². The lowest BCUT2D eigenvalue weighted by atomic mass is 10.3. The number of nitrogens with zero attached hydrogens (tertiary/aromatic N) is 1. The number of halogens is 1. The van der Waals surface area contributed by atoms with E-state index in [0.29, 0.717) is 0 Å². The Morgan fingerprint density at radius 1 is 0.871 bits per heavy atom. The molecule has 0 bridgehead atoms. The summed E-state index contributed by atoms with van der Waals surface area (Å²) in [5.74, 6) is -4.75. The number of aliphatic carboxylic acids is 2. The van der Waals surface area contributed by atoms with Crippen LogP contribution in [0.2, 0.25) is 0 Å². The highest BCUT2D eigenvalue weighted by Gasteiger charge is 2.13. The molecule has 0 spiro atoms. The van der Waals surface area contributed by atoms with E-state index in [0.717, 1.165) is 10.6 Å². The fraction of sp³-hybridized carbons (Fsp3) is 0.200. The lowest BCUT2D eigenvalue weighted by molar-refractivity contribution is -0.159. The van der Waals surface area contributed by atoms with Crippen LogP contribution in [0.25, 0.3) is 0 Å².